The second-order valence-electron chi connectivity index (χ2n) is 13.5. The van der Waals surface area contributed by atoms with Crippen LogP contribution >= 0.6 is 0 Å². The summed E-state index contributed by atoms with van der Waals surface area (Å²) in [6.45, 7) is 6.69. The van der Waals surface area contributed by atoms with Gasteiger partial charge < -0.3 is 35.7 Å². The molecule has 3 aromatic rings. The maximum Gasteiger partial charge on any atom is 0.407 e. The summed E-state index contributed by atoms with van der Waals surface area (Å²) in [5.41, 5.74) is 3.54. The molecule has 1 fully saturated rings. The number of rotatable bonds is 11. The van der Waals surface area contributed by atoms with Gasteiger partial charge in [0.15, 0.2) is 0 Å². The van der Waals surface area contributed by atoms with Crippen LogP contribution in [0.4, 0.5) is 9.59 Å². The van der Waals surface area contributed by atoms with Crippen molar-refractivity contribution in [3.8, 4) is 0 Å². The molecule has 0 saturated carbocycles. The van der Waals surface area contributed by atoms with Crippen molar-refractivity contribution in [3.63, 3.8) is 0 Å². The van der Waals surface area contributed by atoms with E-state index in [-0.39, 0.29) is 24.3 Å². The van der Waals surface area contributed by atoms with Crippen LogP contribution in [0.3, 0.4) is 0 Å². The number of benzene rings is 2. The highest BCUT2D eigenvalue weighted by Gasteiger charge is 2.39. The van der Waals surface area contributed by atoms with Crippen molar-refractivity contribution in [3.05, 3.63) is 77.5 Å². The molecule has 1 aliphatic carbocycles. The molecular weight excluding hydrogens is 598 g/mol. The van der Waals surface area contributed by atoms with E-state index in [1.807, 2.05) is 42.6 Å². The Hall–Kier alpha value is -4.80. The zero-order valence-electron chi connectivity index (χ0n) is 27.3. The molecule has 4 amide bonds. The van der Waals surface area contributed by atoms with Gasteiger partial charge in [-0.25, -0.2) is 14.4 Å². The van der Waals surface area contributed by atoms with Gasteiger partial charge in [-0.1, -0.05) is 54.6 Å². The molecular formula is C36H45N5O6. The predicted molar refractivity (Wildman–Crippen MR) is 180 cm³/mol. The average molecular weight is 644 g/mol. The number of aromatic nitrogens is 1. The number of nitrogens with zero attached hydrogens (tertiary/aromatic N) is 1. The number of urea groups is 1. The number of allylic oxidation sites excluding steroid dienone is 1. The van der Waals surface area contributed by atoms with Gasteiger partial charge in [0, 0.05) is 48.6 Å². The Bertz CT molecular complexity index is 1630. The molecule has 5 N–H and O–H groups in total. The molecule has 250 valence electrons. The van der Waals surface area contributed by atoms with E-state index < -0.39 is 35.7 Å². The number of carboxylic acids is 1. The number of hydrogen-bond donors (Lipinski definition) is 5. The number of H-pyrrole nitrogens is 1. The van der Waals surface area contributed by atoms with E-state index >= 15 is 0 Å². The first-order valence-electron chi connectivity index (χ1n) is 16.3. The maximum atomic E-state index is 13.7. The van der Waals surface area contributed by atoms with Gasteiger partial charge in [0.2, 0.25) is 5.91 Å². The van der Waals surface area contributed by atoms with Crippen LogP contribution in [0.1, 0.15) is 69.6 Å². The van der Waals surface area contributed by atoms with E-state index in [2.05, 4.69) is 45.2 Å². The molecule has 47 heavy (non-hydrogen) atoms. The number of ether oxygens (including phenoxy) is 1. The third-order valence-corrected chi connectivity index (χ3v) is 8.94. The van der Waals surface area contributed by atoms with Crippen molar-refractivity contribution in [2.24, 2.45) is 0 Å². The van der Waals surface area contributed by atoms with Crippen LogP contribution in [0.25, 0.3) is 17.0 Å². The molecule has 1 saturated heterocycles. The number of fused-ring (bicyclic) bond motifs is 3. The summed E-state index contributed by atoms with van der Waals surface area (Å²) >= 11 is 0. The van der Waals surface area contributed by atoms with Gasteiger partial charge in [0.05, 0.1) is 0 Å². The normalized spacial score (nSPS) is 16.4. The van der Waals surface area contributed by atoms with Crippen molar-refractivity contribution >= 4 is 41.0 Å². The van der Waals surface area contributed by atoms with E-state index in [9.17, 15) is 24.3 Å². The highest BCUT2D eigenvalue weighted by Crippen LogP contribution is 2.43. The standard InChI is InChI=1S/C36H45N5O6/c1-35(2,3)47-34(46)37-19-9-8-14-29(32(43)44)39-31(42)30(22-25-23-38-28-13-7-5-11-26(25)28)40-33(45)41-20-17-36(18-21-41)16-15-24-10-4-6-12-27(24)36/h4-7,10-13,15-16,23,29-30,38H,8-9,14,17-22H2,1-3H3,(H,37,46)(H,39,42)(H,40,45)(H,43,44)/t29?,30-/m1/s1. The summed E-state index contributed by atoms with van der Waals surface area (Å²) in [4.78, 5) is 56.3. The maximum absolute atomic E-state index is 13.7. The monoisotopic (exact) mass is 643 g/mol. The van der Waals surface area contributed by atoms with Gasteiger partial charge in [0.1, 0.15) is 17.7 Å². The van der Waals surface area contributed by atoms with Gasteiger partial charge in [0.25, 0.3) is 0 Å². The second-order valence-corrected chi connectivity index (χ2v) is 13.5. The average Bonchev–Trinajstić information content (AvgIpc) is 3.60. The van der Waals surface area contributed by atoms with E-state index in [1.165, 1.54) is 11.1 Å². The molecule has 1 spiro atoms. The Kier molecular flexibility index (Phi) is 10.2. The molecule has 1 aliphatic heterocycles. The summed E-state index contributed by atoms with van der Waals surface area (Å²) in [7, 11) is 0. The summed E-state index contributed by atoms with van der Waals surface area (Å²) in [5.74, 6) is -1.73. The lowest BCUT2D eigenvalue weighted by molar-refractivity contribution is -0.142. The van der Waals surface area contributed by atoms with Gasteiger partial charge in [-0.3, -0.25) is 4.79 Å². The number of carboxylic acid groups (broad SMARTS) is 1. The van der Waals surface area contributed by atoms with Crippen LogP contribution in [-0.4, -0.2) is 76.3 Å². The van der Waals surface area contributed by atoms with Crippen LogP contribution < -0.4 is 16.0 Å². The largest absolute Gasteiger partial charge is 0.480 e. The van der Waals surface area contributed by atoms with Crippen LogP contribution in [0.5, 0.6) is 0 Å². The molecule has 0 bridgehead atoms. The minimum Gasteiger partial charge on any atom is -0.480 e. The lowest BCUT2D eigenvalue weighted by Gasteiger charge is -2.39. The smallest absolute Gasteiger partial charge is 0.407 e. The zero-order chi connectivity index (χ0) is 33.6. The number of aromatic amines is 1. The van der Waals surface area contributed by atoms with Gasteiger partial charge >= 0.3 is 18.1 Å². The Morgan fingerprint density at radius 2 is 1.70 bits per heavy atom. The molecule has 2 aliphatic rings. The number of para-hydroxylation sites is 1. The number of hydrogen-bond acceptors (Lipinski definition) is 5. The molecule has 11 nitrogen and oxygen atoms in total. The summed E-state index contributed by atoms with van der Waals surface area (Å²) in [6.07, 6.45) is 8.53. The number of aliphatic carboxylic acids is 1. The highest BCUT2D eigenvalue weighted by molar-refractivity contribution is 5.91. The van der Waals surface area contributed by atoms with Crippen molar-refractivity contribution in [2.75, 3.05) is 19.6 Å². The summed E-state index contributed by atoms with van der Waals surface area (Å²) < 4.78 is 5.22. The number of nitrogens with one attached hydrogen (secondary N) is 4. The van der Waals surface area contributed by atoms with Gasteiger partial charge in [-0.2, -0.15) is 0 Å². The minimum absolute atomic E-state index is 0.0919. The molecule has 2 aromatic carbocycles. The van der Waals surface area contributed by atoms with Gasteiger partial charge in [-0.05, 0) is 75.6 Å². The number of unbranched alkanes of at least 4 members (excludes halogenated alkanes) is 1. The van der Waals surface area contributed by atoms with Crippen LogP contribution in [0.2, 0.25) is 0 Å². The third-order valence-electron chi connectivity index (χ3n) is 8.94. The molecule has 11 heteroatoms. The zero-order valence-corrected chi connectivity index (χ0v) is 27.3. The van der Waals surface area contributed by atoms with E-state index in [0.717, 1.165) is 29.3 Å². The fourth-order valence-electron chi connectivity index (χ4n) is 6.46. The molecule has 2 atom stereocenters. The Morgan fingerprint density at radius 3 is 2.45 bits per heavy atom. The molecule has 1 unspecified atom stereocenters. The van der Waals surface area contributed by atoms with E-state index in [0.29, 0.717) is 32.5 Å². The lowest BCUT2D eigenvalue weighted by Crippen LogP contribution is -2.56. The lowest BCUT2D eigenvalue weighted by atomic mass is 9.74. The van der Waals surface area contributed by atoms with Crippen molar-refractivity contribution in [2.45, 2.75) is 82.4 Å². The quantitative estimate of drug-likeness (QED) is 0.183. The van der Waals surface area contributed by atoms with Crippen molar-refractivity contribution in [1.29, 1.82) is 0 Å². The number of amides is 4. The second kappa shape index (κ2) is 14.3. The van der Waals surface area contributed by atoms with E-state index in [4.69, 9.17) is 4.74 Å². The Morgan fingerprint density at radius 1 is 0.979 bits per heavy atom. The van der Waals surface area contributed by atoms with E-state index in [1.54, 1.807) is 25.7 Å². The first-order chi connectivity index (χ1) is 22.4. The van der Waals surface area contributed by atoms with Gasteiger partial charge in [-0.15, -0.1) is 0 Å². The number of piperidine rings is 1. The number of alkyl carbamates (subject to hydrolysis) is 1. The summed E-state index contributed by atoms with van der Waals surface area (Å²) in [6, 6.07) is 13.5. The van der Waals surface area contributed by atoms with Crippen LogP contribution in [0, 0.1) is 0 Å². The number of likely N-dealkylation sites (tertiary alicyclic amines) is 1. The molecule has 2 heterocycles. The minimum atomic E-state index is -1.16. The first kappa shape index (κ1) is 33.6. The van der Waals surface area contributed by atoms with Crippen molar-refractivity contribution < 1.29 is 29.0 Å². The fourth-order valence-corrected chi connectivity index (χ4v) is 6.46. The highest BCUT2D eigenvalue weighted by atomic mass is 16.6. The molecule has 5 rings (SSSR count). The Balaban J connectivity index is 1.21. The number of carbonyl (C=O) groups excluding carboxylic acids is 3. The molecule has 1 aromatic heterocycles. The summed E-state index contributed by atoms with van der Waals surface area (Å²) in [5, 5.41) is 19.1. The van der Waals surface area contributed by atoms with Crippen LogP contribution in [0.15, 0.2) is 60.8 Å². The topological polar surface area (TPSA) is 153 Å². The SMILES string of the molecule is CC(C)(C)OC(=O)NCCCCC(NC(=O)[C@@H](Cc1c[nH]c2ccccc12)NC(=O)N1CCC2(C=Cc3ccccc32)CC1)C(=O)O. The first-order valence-corrected chi connectivity index (χ1v) is 16.3. The number of carbonyl (C=O) groups is 4. The third kappa shape index (κ3) is 8.33. The Labute approximate surface area is 275 Å². The molecule has 0 radical (unpaired) electrons. The predicted octanol–water partition coefficient (Wildman–Crippen LogP) is 5.11. The van der Waals surface area contributed by atoms with Crippen LogP contribution in [-0.2, 0) is 26.2 Å². The van der Waals surface area contributed by atoms with Crippen molar-refractivity contribution in [1.82, 2.24) is 25.8 Å². The fraction of sp³-hybridized carbons (Fsp3) is 0.444.